The van der Waals surface area contributed by atoms with Gasteiger partial charge in [-0.1, -0.05) is 6.07 Å². The van der Waals surface area contributed by atoms with Crippen molar-refractivity contribution in [1.29, 1.82) is 0 Å². The number of rotatable bonds is 5. The molecule has 2 rings (SSSR count). The molecule has 4 N–H and O–H groups in total. The van der Waals surface area contributed by atoms with E-state index < -0.39 is 0 Å². The van der Waals surface area contributed by atoms with Gasteiger partial charge in [0.1, 0.15) is 5.75 Å². The van der Waals surface area contributed by atoms with E-state index in [1.165, 1.54) is 0 Å². The van der Waals surface area contributed by atoms with Crippen molar-refractivity contribution < 1.29 is 14.6 Å². The van der Waals surface area contributed by atoms with Crippen LogP contribution in [0.25, 0.3) is 0 Å². The number of hydrogen-bond acceptors (Lipinski definition) is 5. The quantitative estimate of drug-likeness (QED) is 0.706. The molecule has 1 aromatic carbocycles. The summed E-state index contributed by atoms with van der Waals surface area (Å²) in [6.45, 7) is 3.87. The summed E-state index contributed by atoms with van der Waals surface area (Å²) in [4.78, 5) is 0. The van der Waals surface area contributed by atoms with Crippen molar-refractivity contribution in [2.45, 2.75) is 25.3 Å². The summed E-state index contributed by atoms with van der Waals surface area (Å²) in [6.07, 6.45) is 1.53. The van der Waals surface area contributed by atoms with Crippen LogP contribution in [-0.4, -0.2) is 37.1 Å². The fourth-order valence-corrected chi connectivity index (χ4v) is 2.30. The van der Waals surface area contributed by atoms with Crippen LogP contribution in [0.15, 0.2) is 18.2 Å². The molecule has 0 unspecified atom stereocenters. The number of para-hydroxylation sites is 1. The number of nitrogens with two attached hydrogens (primary N) is 1. The molecule has 0 bridgehead atoms. The van der Waals surface area contributed by atoms with Gasteiger partial charge in [0, 0.05) is 13.2 Å². The topological polar surface area (TPSA) is 76.7 Å². The van der Waals surface area contributed by atoms with Gasteiger partial charge in [0.2, 0.25) is 0 Å². The Bertz CT molecular complexity index is 417. The molecule has 1 aliphatic rings. The molecule has 1 aromatic rings. The van der Waals surface area contributed by atoms with Gasteiger partial charge in [-0.2, -0.15) is 0 Å². The monoisotopic (exact) mass is 266 g/mol. The second-order valence-corrected chi connectivity index (χ2v) is 4.83. The van der Waals surface area contributed by atoms with Crippen molar-refractivity contribution in [3.63, 3.8) is 0 Å². The van der Waals surface area contributed by atoms with E-state index in [2.05, 4.69) is 5.32 Å². The van der Waals surface area contributed by atoms with E-state index in [1.54, 1.807) is 0 Å². The van der Waals surface area contributed by atoms with Gasteiger partial charge in [-0.3, -0.25) is 0 Å². The van der Waals surface area contributed by atoms with Crippen LogP contribution < -0.4 is 15.8 Å². The van der Waals surface area contributed by atoms with Crippen LogP contribution in [-0.2, 0) is 4.74 Å². The van der Waals surface area contributed by atoms with E-state index in [4.69, 9.17) is 15.2 Å². The second kappa shape index (κ2) is 6.12. The highest BCUT2D eigenvalue weighted by Gasteiger charge is 2.32. The number of anilines is 2. The Morgan fingerprint density at radius 1 is 1.42 bits per heavy atom. The standard InChI is InChI=1S/C14H22N2O3/c1-2-19-12-5-3-4-11(13(12)15)16-14(10-17)6-8-18-9-7-14/h3-5,16-17H,2,6-10,15H2,1H3. The summed E-state index contributed by atoms with van der Waals surface area (Å²) in [7, 11) is 0. The first-order chi connectivity index (χ1) is 9.21. The number of nitrogens with one attached hydrogen (secondary N) is 1. The maximum absolute atomic E-state index is 9.68. The summed E-state index contributed by atoms with van der Waals surface area (Å²) in [6, 6.07) is 5.65. The number of benzene rings is 1. The third kappa shape index (κ3) is 3.11. The first kappa shape index (κ1) is 14.0. The SMILES string of the molecule is CCOc1cccc(NC2(CO)CCOCC2)c1N. The minimum absolute atomic E-state index is 0.0641. The van der Waals surface area contributed by atoms with E-state index in [9.17, 15) is 5.11 Å². The van der Waals surface area contributed by atoms with E-state index in [0.29, 0.717) is 31.3 Å². The van der Waals surface area contributed by atoms with Crippen molar-refractivity contribution in [3.05, 3.63) is 18.2 Å². The van der Waals surface area contributed by atoms with Gasteiger partial charge in [0.25, 0.3) is 0 Å². The van der Waals surface area contributed by atoms with Gasteiger partial charge in [-0.15, -0.1) is 0 Å². The molecule has 1 heterocycles. The molecule has 5 heteroatoms. The highest BCUT2D eigenvalue weighted by atomic mass is 16.5. The molecule has 1 saturated heterocycles. The average Bonchev–Trinajstić information content (AvgIpc) is 2.45. The molecule has 0 aliphatic carbocycles. The van der Waals surface area contributed by atoms with Gasteiger partial charge in [-0.25, -0.2) is 0 Å². The van der Waals surface area contributed by atoms with Crippen molar-refractivity contribution in [1.82, 2.24) is 0 Å². The zero-order valence-electron chi connectivity index (χ0n) is 11.3. The van der Waals surface area contributed by atoms with E-state index >= 15 is 0 Å². The normalized spacial score (nSPS) is 18.0. The Kier molecular flexibility index (Phi) is 4.50. The van der Waals surface area contributed by atoms with E-state index in [-0.39, 0.29) is 12.1 Å². The molecule has 106 valence electrons. The van der Waals surface area contributed by atoms with Crippen LogP contribution >= 0.6 is 0 Å². The molecule has 0 saturated carbocycles. The Labute approximate surface area is 113 Å². The zero-order valence-corrected chi connectivity index (χ0v) is 11.3. The molecule has 1 aliphatic heterocycles. The maximum Gasteiger partial charge on any atom is 0.144 e. The summed E-state index contributed by atoms with van der Waals surface area (Å²) < 4.78 is 10.8. The highest BCUT2D eigenvalue weighted by molar-refractivity contribution is 5.73. The predicted molar refractivity (Wildman–Crippen MR) is 75.5 cm³/mol. The molecule has 0 aromatic heterocycles. The van der Waals surface area contributed by atoms with Gasteiger partial charge in [0.05, 0.1) is 30.1 Å². The fraction of sp³-hybridized carbons (Fsp3) is 0.571. The Morgan fingerprint density at radius 2 is 2.16 bits per heavy atom. The van der Waals surface area contributed by atoms with Gasteiger partial charge >= 0.3 is 0 Å². The molecule has 1 fully saturated rings. The van der Waals surface area contributed by atoms with Crippen LogP contribution in [0.3, 0.4) is 0 Å². The fourth-order valence-electron chi connectivity index (χ4n) is 2.30. The number of nitrogen functional groups attached to an aromatic ring is 1. The molecule has 0 atom stereocenters. The van der Waals surface area contributed by atoms with Crippen LogP contribution in [0.4, 0.5) is 11.4 Å². The minimum Gasteiger partial charge on any atom is -0.492 e. The Morgan fingerprint density at radius 3 is 2.79 bits per heavy atom. The van der Waals surface area contributed by atoms with Gasteiger partial charge in [0.15, 0.2) is 0 Å². The summed E-state index contributed by atoms with van der Waals surface area (Å²) >= 11 is 0. The molecular weight excluding hydrogens is 244 g/mol. The smallest absolute Gasteiger partial charge is 0.144 e. The second-order valence-electron chi connectivity index (χ2n) is 4.83. The third-order valence-electron chi connectivity index (χ3n) is 3.52. The van der Waals surface area contributed by atoms with Crippen LogP contribution in [0.2, 0.25) is 0 Å². The highest BCUT2D eigenvalue weighted by Crippen LogP contribution is 2.33. The number of hydrogen-bond donors (Lipinski definition) is 3. The third-order valence-corrected chi connectivity index (χ3v) is 3.52. The molecule has 0 radical (unpaired) electrons. The number of ether oxygens (including phenoxy) is 2. The molecule has 0 spiro atoms. The van der Waals surface area contributed by atoms with Crippen molar-refractivity contribution in [2.24, 2.45) is 0 Å². The molecule has 19 heavy (non-hydrogen) atoms. The van der Waals surface area contributed by atoms with Gasteiger partial charge < -0.3 is 25.6 Å². The van der Waals surface area contributed by atoms with E-state index in [0.717, 1.165) is 18.5 Å². The first-order valence-corrected chi connectivity index (χ1v) is 6.69. The average molecular weight is 266 g/mol. The minimum atomic E-state index is -0.350. The lowest BCUT2D eigenvalue weighted by atomic mass is 9.90. The molecule has 0 amide bonds. The van der Waals surface area contributed by atoms with Crippen molar-refractivity contribution in [2.75, 3.05) is 37.5 Å². The summed E-state index contributed by atoms with van der Waals surface area (Å²) in [5.41, 5.74) is 7.14. The predicted octanol–water partition coefficient (Wildman–Crippen LogP) is 1.62. The first-order valence-electron chi connectivity index (χ1n) is 6.69. The maximum atomic E-state index is 9.68. The summed E-state index contributed by atoms with van der Waals surface area (Å²) in [5.74, 6) is 0.674. The van der Waals surface area contributed by atoms with Crippen LogP contribution in [0.1, 0.15) is 19.8 Å². The molecular formula is C14H22N2O3. The number of aliphatic hydroxyl groups is 1. The van der Waals surface area contributed by atoms with Crippen LogP contribution in [0.5, 0.6) is 5.75 Å². The van der Waals surface area contributed by atoms with Crippen LogP contribution in [0, 0.1) is 0 Å². The molecule has 5 nitrogen and oxygen atoms in total. The zero-order chi connectivity index (χ0) is 13.7. The number of aliphatic hydroxyl groups excluding tert-OH is 1. The Hall–Kier alpha value is -1.46. The van der Waals surface area contributed by atoms with Crippen molar-refractivity contribution >= 4 is 11.4 Å². The largest absolute Gasteiger partial charge is 0.492 e. The lowest BCUT2D eigenvalue weighted by Crippen LogP contribution is -2.47. The van der Waals surface area contributed by atoms with E-state index in [1.807, 2.05) is 25.1 Å². The van der Waals surface area contributed by atoms with Gasteiger partial charge in [-0.05, 0) is 31.9 Å². The lowest BCUT2D eigenvalue weighted by Gasteiger charge is -2.37. The van der Waals surface area contributed by atoms with Crippen molar-refractivity contribution in [3.8, 4) is 5.75 Å². The lowest BCUT2D eigenvalue weighted by molar-refractivity contribution is 0.0380. The summed E-state index contributed by atoms with van der Waals surface area (Å²) in [5, 5.41) is 13.1. The Balaban J connectivity index is 2.19.